The van der Waals surface area contributed by atoms with Crippen molar-refractivity contribution in [3.63, 3.8) is 0 Å². The molecule has 8 heterocycles. The molecule has 0 saturated carbocycles. The van der Waals surface area contributed by atoms with Crippen LogP contribution in [-0.2, 0) is 13.6 Å². The Hall–Kier alpha value is -7.72. The summed E-state index contributed by atoms with van der Waals surface area (Å²) in [4.78, 5) is 30.6. The number of halogens is 4. The highest BCUT2D eigenvalue weighted by molar-refractivity contribution is 5.84. The number of nitrogens with one attached hydrogen (secondary N) is 5. The lowest BCUT2D eigenvalue weighted by atomic mass is 10.1. The molecule has 18 nitrogen and oxygen atoms in total. The maximum atomic E-state index is 15.8. The molecule has 2 aliphatic rings. The van der Waals surface area contributed by atoms with Crippen LogP contribution in [-0.4, -0.2) is 113 Å². The summed E-state index contributed by atoms with van der Waals surface area (Å²) in [5, 5.41) is 19.5. The van der Waals surface area contributed by atoms with Crippen molar-refractivity contribution < 1.29 is 27.0 Å². The van der Waals surface area contributed by atoms with Gasteiger partial charge in [-0.15, -0.1) is 0 Å². The van der Waals surface area contributed by atoms with E-state index in [1.54, 1.807) is 30.7 Å². The van der Waals surface area contributed by atoms with E-state index < -0.39 is 23.3 Å². The van der Waals surface area contributed by atoms with Crippen molar-refractivity contribution in [1.82, 2.24) is 59.7 Å². The lowest BCUT2D eigenvalue weighted by molar-refractivity contribution is 0.193. The van der Waals surface area contributed by atoms with Gasteiger partial charge >= 0.3 is 12.0 Å². The van der Waals surface area contributed by atoms with Gasteiger partial charge in [-0.05, 0) is 53.0 Å². The monoisotopic (exact) mass is 946 g/mol. The Morgan fingerprint density at radius 1 is 0.667 bits per heavy atom. The Balaban J connectivity index is 0.926. The zero-order chi connectivity index (χ0) is 48.1. The van der Waals surface area contributed by atoms with Crippen LogP contribution in [0.2, 0.25) is 0 Å². The number of hydrogen-bond acceptors (Lipinski definition) is 14. The van der Waals surface area contributed by atoms with Gasteiger partial charge in [0.15, 0.2) is 46.4 Å². The minimum atomic E-state index is -0.745. The Morgan fingerprint density at radius 2 is 1.23 bits per heavy atom. The van der Waals surface area contributed by atoms with Gasteiger partial charge in [0, 0.05) is 123 Å². The maximum Gasteiger partial charge on any atom is 0.326 e. The highest BCUT2D eigenvalue weighted by atomic mass is 19.1. The topological polar surface area (TPSA) is 183 Å². The number of hydrogen-bond donors (Lipinski definition) is 5. The molecule has 1 atom stereocenters. The number of ether oxygens (including phenoxy) is 2. The summed E-state index contributed by atoms with van der Waals surface area (Å²) >= 11 is 0. The second-order valence-corrected chi connectivity index (χ2v) is 17.3. The number of likely N-dealkylation sites (N-methyl/N-ethyl adjacent to an activating group) is 1. The van der Waals surface area contributed by atoms with Gasteiger partial charge in [-0.25, -0.2) is 17.6 Å². The Kier molecular flexibility index (Phi) is 12.0. The van der Waals surface area contributed by atoms with Gasteiger partial charge in [0.1, 0.15) is 23.3 Å². The van der Waals surface area contributed by atoms with Crippen molar-refractivity contribution >= 4 is 62.8 Å². The fourth-order valence-corrected chi connectivity index (χ4v) is 8.65. The van der Waals surface area contributed by atoms with E-state index in [0.29, 0.717) is 85.6 Å². The first-order valence-electron chi connectivity index (χ1n) is 22.5. The van der Waals surface area contributed by atoms with E-state index in [2.05, 4.69) is 60.7 Å². The standard InChI is InChI=1S/C47H50F4N16O2/c1-7-8-28-18-39(56-36-21-40(65-11-9-52-10-12-65)59-46(57-36)68-34-19-32(48)44-30(42(34)50)15-25(2)53-44)62-67(28)24-29-23-66(14-13-63(29)5)41-22-37(55-38-17-27(4)64(6)61-38)58-47(60-41)69-35-20-33(49)45-31(43(35)51)16-26(3)54-45/h7-8,15-22,29,52-54H,9-14,23-24H2,1-6H3,(H,55,58,60,61)(H,56,57,59,62)/b8-7+. The molecule has 0 spiro atoms. The first-order chi connectivity index (χ1) is 33.2. The minimum absolute atomic E-state index is 0.0444. The molecule has 10 rings (SSSR count). The number of fused-ring (bicyclic) bond motifs is 2. The van der Waals surface area contributed by atoms with Crippen LogP contribution in [0, 0.1) is 44.0 Å². The Labute approximate surface area is 393 Å². The van der Waals surface area contributed by atoms with Crippen LogP contribution in [0.1, 0.15) is 29.7 Å². The molecule has 0 amide bonds. The lowest BCUT2D eigenvalue weighted by Gasteiger charge is -2.40. The van der Waals surface area contributed by atoms with Crippen LogP contribution in [0.5, 0.6) is 23.5 Å². The predicted molar refractivity (Wildman–Crippen MR) is 255 cm³/mol. The third-order valence-electron chi connectivity index (χ3n) is 12.3. The molecule has 69 heavy (non-hydrogen) atoms. The molecule has 0 radical (unpaired) electrons. The van der Waals surface area contributed by atoms with Crippen molar-refractivity contribution in [2.24, 2.45) is 7.05 Å². The highest BCUT2D eigenvalue weighted by Crippen LogP contribution is 2.35. The fraction of sp³-hybridized carbons (Fsp3) is 0.319. The first kappa shape index (κ1) is 45.1. The van der Waals surface area contributed by atoms with Crippen LogP contribution < -0.4 is 35.2 Å². The number of nitrogens with zero attached hydrogens (tertiary/aromatic N) is 11. The molecule has 5 N–H and O–H groups in total. The average Bonchev–Trinajstić information content (AvgIpc) is 4.10. The summed E-state index contributed by atoms with van der Waals surface area (Å²) in [5.74, 6) is -0.797. The average molecular weight is 947 g/mol. The quantitative estimate of drug-likeness (QED) is 0.0702. The first-order valence-corrected chi connectivity index (χ1v) is 22.5. The number of aromatic nitrogens is 10. The predicted octanol–water partition coefficient (Wildman–Crippen LogP) is 7.98. The van der Waals surface area contributed by atoms with Gasteiger partial charge < -0.3 is 45.2 Å². The number of H-pyrrole nitrogens is 2. The number of benzene rings is 2. The Morgan fingerprint density at radius 3 is 1.78 bits per heavy atom. The van der Waals surface area contributed by atoms with Gasteiger partial charge in [-0.3, -0.25) is 14.3 Å². The molecular formula is C47H50F4N16O2. The molecule has 2 aliphatic heterocycles. The van der Waals surface area contributed by atoms with Gasteiger partial charge in [0.05, 0.1) is 23.3 Å². The molecular weight excluding hydrogens is 897 g/mol. The second kappa shape index (κ2) is 18.4. The molecule has 6 aromatic heterocycles. The number of piperazine rings is 2. The zero-order valence-electron chi connectivity index (χ0n) is 38.8. The zero-order valence-corrected chi connectivity index (χ0v) is 38.8. The van der Waals surface area contributed by atoms with Crippen molar-refractivity contribution in [2.75, 3.05) is 73.3 Å². The molecule has 2 aromatic carbocycles. The molecule has 22 heteroatoms. The Bertz CT molecular complexity index is 3230. The molecule has 2 fully saturated rings. The van der Waals surface area contributed by atoms with Gasteiger partial charge in [0.2, 0.25) is 0 Å². The molecule has 2 saturated heterocycles. The van der Waals surface area contributed by atoms with Crippen LogP contribution in [0.4, 0.5) is 52.5 Å². The fourth-order valence-electron chi connectivity index (χ4n) is 8.65. The molecule has 1 unspecified atom stereocenters. The van der Waals surface area contributed by atoms with Crippen molar-refractivity contribution in [1.29, 1.82) is 0 Å². The summed E-state index contributed by atoms with van der Waals surface area (Å²) in [6.07, 6.45) is 3.88. The van der Waals surface area contributed by atoms with Gasteiger partial charge in [-0.1, -0.05) is 6.08 Å². The second-order valence-electron chi connectivity index (χ2n) is 17.3. The maximum absolute atomic E-state index is 15.8. The van der Waals surface area contributed by atoms with Crippen LogP contribution >= 0.6 is 0 Å². The number of aryl methyl sites for hydroxylation is 4. The van der Waals surface area contributed by atoms with Gasteiger partial charge in [0.25, 0.3) is 0 Å². The molecule has 0 bridgehead atoms. The molecule has 0 aliphatic carbocycles. The normalized spacial score (nSPS) is 15.8. The van der Waals surface area contributed by atoms with Crippen molar-refractivity contribution in [3.05, 3.63) is 101 Å². The minimum Gasteiger partial charge on any atom is -0.421 e. The summed E-state index contributed by atoms with van der Waals surface area (Å²) in [7, 11) is 3.87. The van der Waals surface area contributed by atoms with Crippen LogP contribution in [0.15, 0.2) is 54.6 Å². The van der Waals surface area contributed by atoms with Crippen LogP contribution in [0.25, 0.3) is 27.9 Å². The van der Waals surface area contributed by atoms with Crippen LogP contribution in [0.3, 0.4) is 0 Å². The molecule has 8 aromatic rings. The van der Waals surface area contributed by atoms with Crippen molar-refractivity contribution in [2.45, 2.75) is 40.3 Å². The summed E-state index contributed by atoms with van der Waals surface area (Å²) in [6.45, 7) is 12.3. The summed E-state index contributed by atoms with van der Waals surface area (Å²) in [6, 6.07) is 11.9. The number of anilines is 6. The third-order valence-corrected chi connectivity index (χ3v) is 12.3. The van der Waals surface area contributed by atoms with Gasteiger partial charge in [-0.2, -0.15) is 30.1 Å². The SMILES string of the molecule is C/C=C/c1cc(Nc2cc(N3CCNCC3)nc(Oc3cc(F)c4[nH]c(C)cc4c3F)n2)nn1CC1CN(c2cc(Nc3cc(C)n(C)n3)nc(Oc3cc(F)c4[nH]c(C)cc4c3F)n2)CCN1C. The third kappa shape index (κ3) is 9.31. The number of allylic oxidation sites excluding steroid dienone is 1. The summed E-state index contributed by atoms with van der Waals surface area (Å²) in [5.41, 5.74) is 3.02. The number of aromatic amines is 2. The van der Waals surface area contributed by atoms with E-state index in [1.165, 1.54) is 12.1 Å². The van der Waals surface area contributed by atoms with E-state index >= 15 is 17.6 Å². The highest BCUT2D eigenvalue weighted by Gasteiger charge is 2.29. The number of rotatable bonds is 13. The summed E-state index contributed by atoms with van der Waals surface area (Å²) < 4.78 is 77.3. The van der Waals surface area contributed by atoms with Crippen molar-refractivity contribution in [3.8, 4) is 23.5 Å². The smallest absolute Gasteiger partial charge is 0.326 e. The molecule has 358 valence electrons. The largest absolute Gasteiger partial charge is 0.421 e. The van der Waals surface area contributed by atoms with E-state index in [1.807, 2.05) is 56.9 Å². The lowest BCUT2D eigenvalue weighted by Crippen LogP contribution is -2.53. The van der Waals surface area contributed by atoms with E-state index in [0.717, 1.165) is 36.6 Å². The van der Waals surface area contributed by atoms with E-state index in [4.69, 9.17) is 19.6 Å². The van der Waals surface area contributed by atoms with E-state index in [-0.39, 0.29) is 51.4 Å². The van der Waals surface area contributed by atoms with E-state index in [9.17, 15) is 0 Å².